The summed E-state index contributed by atoms with van der Waals surface area (Å²) in [6.45, 7) is 3.58. The topological polar surface area (TPSA) is 76.0 Å². The van der Waals surface area contributed by atoms with Gasteiger partial charge in [-0.15, -0.1) is 0 Å². The van der Waals surface area contributed by atoms with Crippen molar-refractivity contribution in [3.8, 4) is 5.75 Å². The number of phenols is 1. The number of aliphatic hydroxyl groups is 1. The number of carbonyl (C=O) groups is 1. The highest BCUT2D eigenvalue weighted by Crippen LogP contribution is 2.32. The molecule has 1 aromatic rings. The second-order valence-electron chi connectivity index (χ2n) is 4.73. The van der Waals surface area contributed by atoms with Crippen LogP contribution in [0.2, 0.25) is 0 Å². The molecule has 7 heteroatoms. The summed E-state index contributed by atoms with van der Waals surface area (Å²) in [6, 6.07) is 6.40. The Morgan fingerprint density at radius 2 is 1.92 bits per heavy atom. The second-order valence-corrected chi connectivity index (χ2v) is 4.73. The number of hydrogen-bond donors (Lipinski definition) is 2. The maximum atomic E-state index is 14.1. The molecule has 132 valence electrons. The number of aliphatic hydroxyl groups excluding tert-OH is 1. The van der Waals surface area contributed by atoms with Gasteiger partial charge in [0.25, 0.3) is 5.85 Å². The van der Waals surface area contributed by atoms with Crippen LogP contribution in [0.1, 0.15) is 24.2 Å². The molecule has 1 aliphatic rings. The van der Waals surface area contributed by atoms with E-state index in [9.17, 15) is 13.6 Å². The molecule has 0 amide bonds. The van der Waals surface area contributed by atoms with Crippen LogP contribution >= 0.6 is 0 Å². The molecule has 0 saturated carbocycles. The van der Waals surface area contributed by atoms with Crippen LogP contribution in [-0.4, -0.2) is 41.7 Å². The lowest BCUT2D eigenvalue weighted by molar-refractivity contribution is -0.174. The molecule has 0 fully saturated rings. The van der Waals surface area contributed by atoms with Crippen LogP contribution in [-0.2, 0) is 9.47 Å². The Hall–Kier alpha value is -2.25. The maximum absolute atomic E-state index is 14.1. The number of alkyl halides is 1. The Morgan fingerprint density at radius 1 is 1.25 bits per heavy atom. The van der Waals surface area contributed by atoms with Gasteiger partial charge in [-0.05, 0) is 32.1 Å². The molecule has 2 N–H and O–H groups in total. The molecule has 24 heavy (non-hydrogen) atoms. The summed E-state index contributed by atoms with van der Waals surface area (Å²) in [6.07, 6.45) is 1.01. The predicted octanol–water partition coefficient (Wildman–Crippen LogP) is 3.61. The molecule has 0 saturated heterocycles. The summed E-state index contributed by atoms with van der Waals surface area (Å²) in [5.41, 5.74) is 0.331. The first-order valence-corrected chi connectivity index (χ1v) is 7.35. The quantitative estimate of drug-likeness (QED) is 0.800. The number of allylic oxidation sites excluding steroid dienone is 1. The van der Waals surface area contributed by atoms with E-state index in [1.54, 1.807) is 32.0 Å². The standard InChI is InChI=1S/C10H14F2O3.C7H6O2/c1-3-14-9-5-7(11)8(13)6-10(9,12)15-4-2;8-5-6-3-1-2-4-7(6)9/h5-6,9,13H,3-4H2,1-2H3;1-5,9H. The fourth-order valence-corrected chi connectivity index (χ4v) is 1.94. The first-order valence-electron chi connectivity index (χ1n) is 7.35. The predicted molar refractivity (Wildman–Crippen MR) is 84.3 cm³/mol. The van der Waals surface area contributed by atoms with Crippen LogP contribution < -0.4 is 0 Å². The minimum Gasteiger partial charge on any atom is -0.507 e. The summed E-state index contributed by atoms with van der Waals surface area (Å²) in [5, 5.41) is 17.9. The van der Waals surface area contributed by atoms with Gasteiger partial charge in [0.05, 0.1) is 5.56 Å². The molecule has 5 nitrogen and oxygen atoms in total. The third-order valence-corrected chi connectivity index (χ3v) is 3.04. The van der Waals surface area contributed by atoms with Crippen LogP contribution in [0.4, 0.5) is 8.78 Å². The lowest BCUT2D eigenvalue weighted by Gasteiger charge is -2.31. The molecule has 0 spiro atoms. The van der Waals surface area contributed by atoms with E-state index in [1.807, 2.05) is 0 Å². The molecule has 2 rings (SSSR count). The van der Waals surface area contributed by atoms with Crippen molar-refractivity contribution in [2.45, 2.75) is 25.8 Å². The molecule has 0 heterocycles. The van der Waals surface area contributed by atoms with Crippen molar-refractivity contribution in [2.75, 3.05) is 13.2 Å². The normalized spacial score (nSPS) is 22.8. The van der Waals surface area contributed by atoms with Crippen LogP contribution in [0, 0.1) is 0 Å². The van der Waals surface area contributed by atoms with Crippen molar-refractivity contribution in [1.29, 1.82) is 0 Å². The summed E-state index contributed by atoms with van der Waals surface area (Å²) in [5.74, 6) is -3.93. The smallest absolute Gasteiger partial charge is 0.262 e. The number of aromatic hydroxyl groups is 1. The van der Waals surface area contributed by atoms with Gasteiger partial charge in [-0.2, -0.15) is 0 Å². The number of hydrogen-bond acceptors (Lipinski definition) is 5. The minimum atomic E-state index is -2.30. The monoisotopic (exact) mass is 342 g/mol. The molecule has 0 aliphatic heterocycles. The van der Waals surface area contributed by atoms with Crippen molar-refractivity contribution >= 4 is 6.29 Å². The van der Waals surface area contributed by atoms with Crippen LogP contribution in [0.3, 0.4) is 0 Å². The molecule has 1 aromatic carbocycles. The Morgan fingerprint density at radius 3 is 2.42 bits per heavy atom. The van der Waals surface area contributed by atoms with E-state index in [-0.39, 0.29) is 19.0 Å². The van der Waals surface area contributed by atoms with E-state index in [0.29, 0.717) is 17.9 Å². The molecule has 2 unspecified atom stereocenters. The van der Waals surface area contributed by atoms with Crippen molar-refractivity contribution in [2.24, 2.45) is 0 Å². The SMILES string of the molecule is CCOC1C=C(F)C(O)=CC1(F)OCC.O=Cc1ccccc1O. The Balaban J connectivity index is 0.000000272. The number of rotatable bonds is 5. The highest BCUT2D eigenvalue weighted by atomic mass is 19.2. The highest BCUT2D eigenvalue weighted by Gasteiger charge is 2.42. The van der Waals surface area contributed by atoms with Crippen molar-refractivity contribution < 1.29 is 33.3 Å². The molecule has 2 atom stereocenters. The first kappa shape index (κ1) is 19.8. The Kier molecular flexibility index (Phi) is 7.54. The summed E-state index contributed by atoms with van der Waals surface area (Å²) in [4.78, 5) is 10.1. The van der Waals surface area contributed by atoms with Gasteiger partial charge in [-0.3, -0.25) is 4.79 Å². The molecule has 1 aliphatic carbocycles. The third-order valence-electron chi connectivity index (χ3n) is 3.04. The fraction of sp³-hybridized carbons (Fsp3) is 0.353. The van der Waals surface area contributed by atoms with Crippen molar-refractivity contribution in [3.05, 3.63) is 53.6 Å². The third kappa shape index (κ3) is 5.14. The lowest BCUT2D eigenvalue weighted by Crippen LogP contribution is -2.42. The molecular formula is C17H20F2O5. The number of carbonyl (C=O) groups excluding carboxylic acids is 1. The van der Waals surface area contributed by atoms with Crippen LogP contribution in [0.15, 0.2) is 48.0 Å². The zero-order valence-corrected chi connectivity index (χ0v) is 13.4. The number of aldehydes is 1. The van der Waals surface area contributed by atoms with Crippen molar-refractivity contribution in [3.63, 3.8) is 0 Å². The van der Waals surface area contributed by atoms with Crippen molar-refractivity contribution in [1.82, 2.24) is 0 Å². The number of halogens is 2. The highest BCUT2D eigenvalue weighted by molar-refractivity contribution is 5.78. The summed E-state index contributed by atoms with van der Waals surface area (Å²) >= 11 is 0. The molecule has 0 bridgehead atoms. The van der Waals surface area contributed by atoms with E-state index in [2.05, 4.69) is 0 Å². The summed E-state index contributed by atoms with van der Waals surface area (Å²) < 4.78 is 36.8. The maximum Gasteiger partial charge on any atom is 0.262 e. The molecule has 0 radical (unpaired) electrons. The van der Waals surface area contributed by atoms with E-state index < -0.39 is 23.5 Å². The van der Waals surface area contributed by atoms with E-state index in [4.69, 9.17) is 19.7 Å². The zero-order chi connectivity index (χ0) is 18.2. The van der Waals surface area contributed by atoms with Gasteiger partial charge < -0.3 is 19.7 Å². The average Bonchev–Trinajstić information content (AvgIpc) is 2.54. The minimum absolute atomic E-state index is 0.0347. The van der Waals surface area contributed by atoms with Gasteiger partial charge in [0.15, 0.2) is 17.9 Å². The van der Waals surface area contributed by atoms with E-state index >= 15 is 0 Å². The van der Waals surface area contributed by atoms with Gasteiger partial charge in [0.1, 0.15) is 11.9 Å². The van der Waals surface area contributed by atoms with Crippen LogP contribution in [0.25, 0.3) is 0 Å². The van der Waals surface area contributed by atoms with Gasteiger partial charge in [-0.25, -0.2) is 8.78 Å². The van der Waals surface area contributed by atoms with Crippen LogP contribution in [0.5, 0.6) is 5.75 Å². The Labute approximate surface area is 138 Å². The van der Waals surface area contributed by atoms with Gasteiger partial charge in [0, 0.05) is 19.3 Å². The zero-order valence-electron chi connectivity index (χ0n) is 13.4. The average molecular weight is 342 g/mol. The number of para-hydroxylation sites is 1. The number of phenolic OH excluding ortho intramolecular Hbond substituents is 1. The van der Waals surface area contributed by atoms with Gasteiger partial charge >= 0.3 is 0 Å². The van der Waals surface area contributed by atoms with E-state index in [0.717, 1.165) is 6.08 Å². The fourth-order valence-electron chi connectivity index (χ4n) is 1.94. The largest absolute Gasteiger partial charge is 0.507 e. The number of ether oxygens (including phenoxy) is 2. The molecule has 0 aromatic heterocycles. The van der Waals surface area contributed by atoms with E-state index in [1.165, 1.54) is 6.07 Å². The summed E-state index contributed by atoms with van der Waals surface area (Å²) in [7, 11) is 0. The molecular weight excluding hydrogens is 322 g/mol. The Bertz CT molecular complexity index is 615. The first-order chi connectivity index (χ1) is 11.4. The number of benzene rings is 1. The second kappa shape index (κ2) is 9.14. The lowest BCUT2D eigenvalue weighted by atomic mass is 10.0. The van der Waals surface area contributed by atoms with Gasteiger partial charge in [-0.1, -0.05) is 12.1 Å². The van der Waals surface area contributed by atoms with Gasteiger partial charge in [0.2, 0.25) is 0 Å².